The van der Waals surface area contributed by atoms with Crippen molar-refractivity contribution >= 4 is 15.9 Å². The van der Waals surface area contributed by atoms with E-state index in [4.69, 9.17) is 4.74 Å². The van der Waals surface area contributed by atoms with E-state index in [-0.39, 0.29) is 0 Å². The second-order valence-corrected chi connectivity index (χ2v) is 6.22. The lowest BCUT2D eigenvalue weighted by molar-refractivity contribution is 0.468. The van der Waals surface area contributed by atoms with Crippen molar-refractivity contribution < 1.29 is 4.74 Å². The molecule has 0 radical (unpaired) electrons. The average molecular weight is 348 g/mol. The van der Waals surface area contributed by atoms with Crippen molar-refractivity contribution in [3.8, 4) is 11.5 Å². The fraction of sp³-hybridized carbons (Fsp3) is 0.333. The third kappa shape index (κ3) is 4.58. The van der Waals surface area contributed by atoms with Gasteiger partial charge in [-0.2, -0.15) is 0 Å². The van der Waals surface area contributed by atoms with E-state index < -0.39 is 0 Å². The fourth-order valence-corrected chi connectivity index (χ4v) is 2.49. The first-order valence-electron chi connectivity index (χ1n) is 7.34. The summed E-state index contributed by atoms with van der Waals surface area (Å²) < 4.78 is 7.17. The Morgan fingerprint density at radius 3 is 2.62 bits per heavy atom. The Balaban J connectivity index is 2.24. The topological polar surface area (TPSA) is 21.3 Å². The Kier molecular flexibility index (Phi) is 5.83. The highest BCUT2D eigenvalue weighted by Crippen LogP contribution is 2.30. The van der Waals surface area contributed by atoms with Crippen molar-refractivity contribution in [1.29, 1.82) is 0 Å². The maximum absolute atomic E-state index is 6.14. The molecular formula is C18H22BrNO. The van der Waals surface area contributed by atoms with Gasteiger partial charge in [0.05, 0.1) is 0 Å². The van der Waals surface area contributed by atoms with Crippen LogP contribution in [0.4, 0.5) is 0 Å². The van der Waals surface area contributed by atoms with E-state index in [1.807, 2.05) is 12.1 Å². The van der Waals surface area contributed by atoms with Gasteiger partial charge >= 0.3 is 0 Å². The molecule has 0 fully saturated rings. The minimum atomic E-state index is 0.831. The van der Waals surface area contributed by atoms with Crippen LogP contribution in [0, 0.1) is 13.8 Å². The number of benzene rings is 2. The number of nitrogens with one attached hydrogen (secondary N) is 1. The Labute approximate surface area is 135 Å². The molecule has 0 saturated heterocycles. The zero-order chi connectivity index (χ0) is 15.2. The van der Waals surface area contributed by atoms with Crippen LogP contribution >= 0.6 is 15.9 Å². The molecule has 2 aromatic carbocycles. The zero-order valence-corrected chi connectivity index (χ0v) is 14.5. The molecule has 0 unspecified atom stereocenters. The standard InChI is InChI=1S/C18H22BrNO/c1-4-9-20-12-15-10-13(2)5-8-17(15)21-18-11-16(19)7-6-14(18)3/h5-8,10-11,20H,4,9,12H2,1-3H3. The summed E-state index contributed by atoms with van der Waals surface area (Å²) in [5, 5.41) is 3.44. The number of halogens is 1. The van der Waals surface area contributed by atoms with E-state index in [0.717, 1.165) is 41.0 Å². The summed E-state index contributed by atoms with van der Waals surface area (Å²) in [6.45, 7) is 8.19. The molecule has 0 spiro atoms. The lowest BCUT2D eigenvalue weighted by atomic mass is 10.1. The third-order valence-electron chi connectivity index (χ3n) is 3.33. The lowest BCUT2D eigenvalue weighted by Crippen LogP contribution is -2.14. The van der Waals surface area contributed by atoms with Gasteiger partial charge in [0.1, 0.15) is 11.5 Å². The van der Waals surface area contributed by atoms with Crippen LogP contribution in [0.5, 0.6) is 11.5 Å². The van der Waals surface area contributed by atoms with Gasteiger partial charge < -0.3 is 10.1 Å². The van der Waals surface area contributed by atoms with E-state index in [0.29, 0.717) is 0 Å². The molecule has 0 heterocycles. The monoisotopic (exact) mass is 347 g/mol. The minimum absolute atomic E-state index is 0.831. The molecule has 0 aliphatic heterocycles. The van der Waals surface area contributed by atoms with Crippen LogP contribution in [-0.4, -0.2) is 6.54 Å². The molecule has 1 N–H and O–H groups in total. The van der Waals surface area contributed by atoms with E-state index in [9.17, 15) is 0 Å². The van der Waals surface area contributed by atoms with Crippen molar-refractivity contribution in [3.63, 3.8) is 0 Å². The van der Waals surface area contributed by atoms with Crippen LogP contribution in [0.15, 0.2) is 40.9 Å². The van der Waals surface area contributed by atoms with Crippen LogP contribution in [-0.2, 0) is 6.54 Å². The summed E-state index contributed by atoms with van der Waals surface area (Å²) in [5.41, 5.74) is 3.58. The van der Waals surface area contributed by atoms with Gasteiger partial charge in [-0.1, -0.05) is 46.6 Å². The summed E-state index contributed by atoms with van der Waals surface area (Å²) in [6.07, 6.45) is 1.13. The third-order valence-corrected chi connectivity index (χ3v) is 3.82. The van der Waals surface area contributed by atoms with Gasteiger partial charge in [-0.15, -0.1) is 0 Å². The van der Waals surface area contributed by atoms with Crippen LogP contribution in [0.3, 0.4) is 0 Å². The van der Waals surface area contributed by atoms with Crippen molar-refractivity contribution in [1.82, 2.24) is 5.32 Å². The highest BCUT2D eigenvalue weighted by molar-refractivity contribution is 9.10. The van der Waals surface area contributed by atoms with Gasteiger partial charge in [-0.05, 0) is 50.6 Å². The molecule has 0 amide bonds. The SMILES string of the molecule is CCCNCc1cc(C)ccc1Oc1cc(Br)ccc1C. The largest absolute Gasteiger partial charge is 0.457 e. The van der Waals surface area contributed by atoms with Crippen molar-refractivity contribution in [2.75, 3.05) is 6.54 Å². The molecule has 2 aromatic rings. The Morgan fingerprint density at radius 1 is 1.05 bits per heavy atom. The number of rotatable bonds is 6. The van der Waals surface area contributed by atoms with E-state index in [1.54, 1.807) is 0 Å². The van der Waals surface area contributed by atoms with E-state index in [2.05, 4.69) is 66.3 Å². The molecule has 0 aromatic heterocycles. The van der Waals surface area contributed by atoms with Crippen LogP contribution < -0.4 is 10.1 Å². The second-order valence-electron chi connectivity index (χ2n) is 5.30. The van der Waals surface area contributed by atoms with Gasteiger partial charge in [0.2, 0.25) is 0 Å². The zero-order valence-electron chi connectivity index (χ0n) is 12.9. The summed E-state index contributed by atoms with van der Waals surface area (Å²) >= 11 is 3.50. The van der Waals surface area contributed by atoms with Gasteiger partial charge in [-0.25, -0.2) is 0 Å². The highest BCUT2D eigenvalue weighted by atomic mass is 79.9. The van der Waals surface area contributed by atoms with Gasteiger partial charge in [0.25, 0.3) is 0 Å². The van der Waals surface area contributed by atoms with Crippen molar-refractivity contribution in [2.45, 2.75) is 33.7 Å². The fourth-order valence-electron chi connectivity index (χ4n) is 2.15. The normalized spacial score (nSPS) is 10.7. The Hall–Kier alpha value is -1.32. The summed E-state index contributed by atoms with van der Waals surface area (Å²) in [7, 11) is 0. The maximum atomic E-state index is 6.14. The molecule has 21 heavy (non-hydrogen) atoms. The minimum Gasteiger partial charge on any atom is -0.457 e. The molecule has 0 atom stereocenters. The van der Waals surface area contributed by atoms with Gasteiger partial charge in [0.15, 0.2) is 0 Å². The average Bonchev–Trinajstić information content (AvgIpc) is 2.46. The molecule has 112 valence electrons. The first-order chi connectivity index (χ1) is 10.1. The number of hydrogen-bond acceptors (Lipinski definition) is 2. The first-order valence-corrected chi connectivity index (χ1v) is 8.13. The maximum Gasteiger partial charge on any atom is 0.131 e. The van der Waals surface area contributed by atoms with Crippen LogP contribution in [0.25, 0.3) is 0 Å². The van der Waals surface area contributed by atoms with Gasteiger partial charge in [-0.3, -0.25) is 0 Å². The molecule has 0 aliphatic carbocycles. The second kappa shape index (κ2) is 7.62. The molecule has 3 heteroatoms. The number of aryl methyl sites for hydroxylation is 2. The molecular weight excluding hydrogens is 326 g/mol. The van der Waals surface area contributed by atoms with Crippen LogP contribution in [0.2, 0.25) is 0 Å². The molecule has 2 nitrogen and oxygen atoms in total. The van der Waals surface area contributed by atoms with E-state index in [1.165, 1.54) is 11.1 Å². The predicted octanol–water partition coefficient (Wildman–Crippen LogP) is 5.36. The Bertz CT molecular complexity index is 610. The Morgan fingerprint density at radius 2 is 1.86 bits per heavy atom. The van der Waals surface area contributed by atoms with Crippen LogP contribution in [0.1, 0.15) is 30.0 Å². The molecule has 2 rings (SSSR count). The molecule has 0 saturated carbocycles. The number of hydrogen-bond donors (Lipinski definition) is 1. The van der Waals surface area contributed by atoms with Crippen molar-refractivity contribution in [3.05, 3.63) is 57.6 Å². The summed E-state index contributed by atoms with van der Waals surface area (Å²) in [4.78, 5) is 0. The first kappa shape index (κ1) is 16.1. The molecule has 0 bridgehead atoms. The smallest absolute Gasteiger partial charge is 0.131 e. The molecule has 0 aliphatic rings. The summed E-state index contributed by atoms with van der Waals surface area (Å²) in [5.74, 6) is 1.82. The highest BCUT2D eigenvalue weighted by Gasteiger charge is 2.08. The summed E-state index contributed by atoms with van der Waals surface area (Å²) in [6, 6.07) is 12.4. The lowest BCUT2D eigenvalue weighted by Gasteiger charge is -2.14. The van der Waals surface area contributed by atoms with Crippen molar-refractivity contribution in [2.24, 2.45) is 0 Å². The quantitative estimate of drug-likeness (QED) is 0.710. The van der Waals surface area contributed by atoms with Gasteiger partial charge in [0, 0.05) is 16.6 Å². The van der Waals surface area contributed by atoms with E-state index >= 15 is 0 Å². The predicted molar refractivity (Wildman–Crippen MR) is 92.1 cm³/mol. The number of ether oxygens (including phenoxy) is 1.